The lowest BCUT2D eigenvalue weighted by molar-refractivity contribution is -0.121. The number of nitrogens with one attached hydrogen (secondary N) is 1. The van der Waals surface area contributed by atoms with Gasteiger partial charge in [0, 0.05) is 24.5 Å². The van der Waals surface area contributed by atoms with E-state index in [0.29, 0.717) is 30.8 Å². The zero-order valence-corrected chi connectivity index (χ0v) is 17.6. The van der Waals surface area contributed by atoms with Gasteiger partial charge in [0.15, 0.2) is 0 Å². The predicted molar refractivity (Wildman–Crippen MR) is 112 cm³/mol. The quantitative estimate of drug-likeness (QED) is 0.757. The molecule has 1 aromatic carbocycles. The van der Waals surface area contributed by atoms with Crippen molar-refractivity contribution in [3.8, 4) is 5.75 Å². The first-order valence-electron chi connectivity index (χ1n) is 10.9. The average molecular weight is 386 g/mol. The maximum Gasteiger partial charge on any atom is 0.234 e. The predicted octanol–water partition coefficient (Wildman–Crippen LogP) is 2.37. The largest absolute Gasteiger partial charge is 0.508 e. The number of hydrogen-bond acceptors (Lipinski definition) is 4. The minimum absolute atomic E-state index is 0.0441. The van der Waals surface area contributed by atoms with Crippen molar-refractivity contribution < 1.29 is 9.90 Å². The highest BCUT2D eigenvalue weighted by Crippen LogP contribution is 2.52. The minimum atomic E-state index is 0.0441. The van der Waals surface area contributed by atoms with E-state index in [2.05, 4.69) is 23.2 Å². The van der Waals surface area contributed by atoms with Crippen LogP contribution in [0.15, 0.2) is 18.2 Å². The van der Waals surface area contributed by atoms with Gasteiger partial charge in [0.25, 0.3) is 0 Å². The summed E-state index contributed by atoms with van der Waals surface area (Å²) >= 11 is 0. The summed E-state index contributed by atoms with van der Waals surface area (Å²) in [6.07, 6.45) is 5.92. The molecule has 0 unspecified atom stereocenters. The van der Waals surface area contributed by atoms with Crippen LogP contribution in [0.25, 0.3) is 0 Å². The van der Waals surface area contributed by atoms with E-state index in [9.17, 15) is 9.90 Å². The monoisotopic (exact) mass is 385 g/mol. The molecular weight excluding hydrogens is 350 g/mol. The van der Waals surface area contributed by atoms with E-state index in [0.717, 1.165) is 31.7 Å². The van der Waals surface area contributed by atoms with Gasteiger partial charge < -0.3 is 15.3 Å². The van der Waals surface area contributed by atoms with E-state index in [-0.39, 0.29) is 11.3 Å². The molecule has 2 fully saturated rings. The summed E-state index contributed by atoms with van der Waals surface area (Å²) in [4.78, 5) is 16.8. The summed E-state index contributed by atoms with van der Waals surface area (Å²) < 4.78 is 0. The van der Waals surface area contributed by atoms with Crippen LogP contribution in [0.3, 0.4) is 0 Å². The Balaban J connectivity index is 1.56. The van der Waals surface area contributed by atoms with Crippen LogP contribution in [0.4, 0.5) is 0 Å². The Hall–Kier alpha value is -1.59. The molecule has 5 nitrogen and oxygen atoms in total. The maximum absolute atomic E-state index is 12.1. The summed E-state index contributed by atoms with van der Waals surface area (Å²) in [5.74, 6) is 1.89. The highest BCUT2D eigenvalue weighted by molar-refractivity contribution is 5.77. The van der Waals surface area contributed by atoms with Crippen molar-refractivity contribution in [2.24, 2.45) is 11.8 Å². The van der Waals surface area contributed by atoms with E-state index < -0.39 is 0 Å². The molecule has 2 N–H and O–H groups in total. The third kappa shape index (κ3) is 3.79. The molecule has 1 saturated heterocycles. The number of likely N-dealkylation sites (tertiary alicyclic amines) is 1. The van der Waals surface area contributed by atoms with Crippen LogP contribution in [0, 0.1) is 11.8 Å². The van der Waals surface area contributed by atoms with Crippen LogP contribution in [0.5, 0.6) is 5.75 Å². The van der Waals surface area contributed by atoms with E-state index in [1.54, 1.807) is 0 Å². The molecule has 4 rings (SSSR count). The minimum Gasteiger partial charge on any atom is -0.508 e. The Morgan fingerprint density at radius 3 is 2.86 bits per heavy atom. The Morgan fingerprint density at radius 1 is 1.36 bits per heavy atom. The molecule has 3 aliphatic rings. The Bertz CT molecular complexity index is 731. The number of hydrogen-bond donors (Lipinski definition) is 2. The molecule has 1 heterocycles. The van der Waals surface area contributed by atoms with Crippen molar-refractivity contribution >= 4 is 5.91 Å². The topological polar surface area (TPSA) is 55.8 Å². The first kappa shape index (κ1) is 19.7. The van der Waals surface area contributed by atoms with Crippen molar-refractivity contribution in [3.63, 3.8) is 0 Å². The zero-order chi connectivity index (χ0) is 19.9. The summed E-state index contributed by atoms with van der Waals surface area (Å²) in [6.45, 7) is 5.90. The second-order valence-electron chi connectivity index (χ2n) is 9.58. The molecule has 1 amide bonds. The standard InChI is InChI=1S/C23H35N3O2/c1-16-21-12-18-6-7-19(27)13-20(18)23(16,8-10-24-22(28)15-25(2)3)9-11-26(21)14-17-4-5-17/h6-7,13,16-17,21,27H,4-5,8-12,14-15H2,1-3H3,(H,24,28)/t16-,21+,23-/m0/s1. The zero-order valence-electron chi connectivity index (χ0n) is 17.6. The van der Waals surface area contributed by atoms with Gasteiger partial charge in [-0.05, 0) is 87.8 Å². The molecule has 2 aliphatic carbocycles. The van der Waals surface area contributed by atoms with E-state index in [1.165, 1.54) is 30.5 Å². The lowest BCUT2D eigenvalue weighted by Gasteiger charge is -2.56. The van der Waals surface area contributed by atoms with Crippen LogP contribution in [-0.4, -0.2) is 67.1 Å². The van der Waals surface area contributed by atoms with E-state index in [4.69, 9.17) is 0 Å². The molecule has 1 aliphatic heterocycles. The number of carbonyl (C=O) groups is 1. The molecule has 28 heavy (non-hydrogen) atoms. The van der Waals surface area contributed by atoms with Gasteiger partial charge in [0.1, 0.15) is 5.75 Å². The van der Waals surface area contributed by atoms with Crippen LogP contribution in [-0.2, 0) is 16.6 Å². The first-order chi connectivity index (χ1) is 13.4. The Kier molecular flexibility index (Phi) is 5.41. The van der Waals surface area contributed by atoms with Crippen molar-refractivity contribution in [1.82, 2.24) is 15.1 Å². The molecular formula is C23H35N3O2. The molecule has 3 atom stereocenters. The highest BCUT2D eigenvalue weighted by Gasteiger charge is 2.51. The van der Waals surface area contributed by atoms with Crippen LogP contribution >= 0.6 is 0 Å². The summed E-state index contributed by atoms with van der Waals surface area (Å²) in [6, 6.07) is 6.54. The van der Waals surface area contributed by atoms with Gasteiger partial charge in [-0.3, -0.25) is 9.69 Å². The number of piperidine rings is 1. The third-order valence-corrected chi connectivity index (χ3v) is 7.36. The Morgan fingerprint density at radius 2 is 2.14 bits per heavy atom. The summed E-state index contributed by atoms with van der Waals surface area (Å²) in [5, 5.41) is 13.3. The number of benzene rings is 1. The number of fused-ring (bicyclic) bond motifs is 4. The highest BCUT2D eigenvalue weighted by atomic mass is 16.3. The van der Waals surface area contributed by atoms with E-state index >= 15 is 0 Å². The SMILES string of the molecule is C[C@H]1[C@H]2Cc3ccc(O)cc3[C@@]1(CCNC(=O)CN(C)C)CCN2CC1CC1. The number of aromatic hydroxyl groups is 1. The van der Waals surface area contributed by atoms with Gasteiger partial charge in [-0.1, -0.05) is 13.0 Å². The number of likely N-dealkylation sites (N-methyl/N-ethyl adjacent to an activating group) is 1. The number of phenolic OH excluding ortho intramolecular Hbond substituents is 1. The molecule has 0 spiro atoms. The summed E-state index contributed by atoms with van der Waals surface area (Å²) in [5.41, 5.74) is 2.76. The van der Waals surface area contributed by atoms with Crippen LogP contribution < -0.4 is 5.32 Å². The van der Waals surface area contributed by atoms with Gasteiger partial charge in [-0.25, -0.2) is 0 Å². The molecule has 5 heteroatoms. The fraction of sp³-hybridized carbons (Fsp3) is 0.696. The molecule has 1 aromatic rings. The first-order valence-corrected chi connectivity index (χ1v) is 10.9. The van der Waals surface area contributed by atoms with E-state index in [1.807, 2.05) is 31.1 Å². The number of amides is 1. The Labute approximate surface area is 169 Å². The third-order valence-electron chi connectivity index (χ3n) is 7.36. The second-order valence-corrected chi connectivity index (χ2v) is 9.58. The van der Waals surface area contributed by atoms with Gasteiger partial charge in [-0.2, -0.15) is 0 Å². The molecule has 1 saturated carbocycles. The van der Waals surface area contributed by atoms with Crippen molar-refractivity contribution in [1.29, 1.82) is 0 Å². The lowest BCUT2D eigenvalue weighted by atomic mass is 9.56. The molecule has 154 valence electrons. The fourth-order valence-corrected chi connectivity index (χ4v) is 5.65. The fourth-order valence-electron chi connectivity index (χ4n) is 5.65. The molecule has 2 bridgehead atoms. The van der Waals surface area contributed by atoms with Crippen LogP contribution in [0.1, 0.15) is 43.7 Å². The maximum atomic E-state index is 12.1. The number of nitrogens with zero attached hydrogens (tertiary/aromatic N) is 2. The number of phenols is 1. The number of rotatable bonds is 7. The van der Waals surface area contributed by atoms with Crippen molar-refractivity contribution in [3.05, 3.63) is 29.3 Å². The lowest BCUT2D eigenvalue weighted by Crippen LogP contribution is -2.60. The van der Waals surface area contributed by atoms with Crippen LogP contribution in [0.2, 0.25) is 0 Å². The van der Waals surface area contributed by atoms with Crippen molar-refractivity contribution in [2.45, 2.75) is 50.5 Å². The summed E-state index contributed by atoms with van der Waals surface area (Å²) in [7, 11) is 3.83. The van der Waals surface area contributed by atoms with Gasteiger partial charge in [-0.15, -0.1) is 0 Å². The van der Waals surface area contributed by atoms with Gasteiger partial charge in [0.05, 0.1) is 6.54 Å². The second kappa shape index (κ2) is 7.68. The van der Waals surface area contributed by atoms with Gasteiger partial charge in [0.2, 0.25) is 5.91 Å². The van der Waals surface area contributed by atoms with Gasteiger partial charge >= 0.3 is 0 Å². The average Bonchev–Trinajstić information content (AvgIpc) is 3.43. The molecule has 0 radical (unpaired) electrons. The van der Waals surface area contributed by atoms with Crippen molar-refractivity contribution in [2.75, 3.05) is 40.3 Å². The number of carbonyl (C=O) groups excluding carboxylic acids is 1. The molecule has 0 aromatic heterocycles. The smallest absolute Gasteiger partial charge is 0.234 e. The normalized spacial score (nSPS) is 29.6.